The van der Waals surface area contributed by atoms with Gasteiger partial charge in [0.2, 0.25) is 5.91 Å². The maximum atomic E-state index is 13.2. The van der Waals surface area contributed by atoms with Crippen LogP contribution in [0.2, 0.25) is 0 Å². The second-order valence-electron chi connectivity index (χ2n) is 6.79. The van der Waals surface area contributed by atoms with Crippen LogP contribution in [0.1, 0.15) is 24.0 Å². The predicted molar refractivity (Wildman–Crippen MR) is 109 cm³/mol. The first-order valence-corrected chi connectivity index (χ1v) is 10.2. The summed E-state index contributed by atoms with van der Waals surface area (Å²) in [5, 5.41) is 5.62. The van der Waals surface area contributed by atoms with Gasteiger partial charge in [-0.3, -0.25) is 4.79 Å². The number of nitrogens with one attached hydrogen (secondary N) is 1. The molecule has 3 aromatic rings. The Hall–Kier alpha value is -2.70. The lowest BCUT2D eigenvalue weighted by molar-refractivity contribution is -0.130. The van der Waals surface area contributed by atoms with E-state index < -0.39 is 5.41 Å². The summed E-state index contributed by atoms with van der Waals surface area (Å²) in [6.45, 7) is 1.68. The zero-order chi connectivity index (χ0) is 19.2. The average Bonchev–Trinajstić information content (AvgIpc) is 3.27. The zero-order valence-corrected chi connectivity index (χ0v) is 16.3. The lowest BCUT2D eigenvalue weighted by atomic mass is 9.73. The van der Waals surface area contributed by atoms with Crippen molar-refractivity contribution in [3.8, 4) is 10.9 Å². The van der Waals surface area contributed by atoms with Crippen molar-refractivity contribution in [1.82, 2.24) is 10.3 Å². The first kappa shape index (κ1) is 18.7. The SMILES string of the molecule is O=C(NCc1ccc(Oc2nccs2)cc1)C1(c2ccccc2)CCOCC1. The molecule has 1 aromatic heterocycles. The fraction of sp³-hybridized carbons (Fsp3) is 0.273. The molecule has 0 atom stereocenters. The summed E-state index contributed by atoms with van der Waals surface area (Å²) >= 11 is 1.45. The second-order valence-corrected chi connectivity index (χ2v) is 7.64. The minimum Gasteiger partial charge on any atom is -0.431 e. The lowest BCUT2D eigenvalue weighted by Crippen LogP contribution is -2.47. The molecule has 5 nitrogen and oxygen atoms in total. The number of benzene rings is 2. The Morgan fingerprint density at radius 1 is 1.11 bits per heavy atom. The number of carbonyl (C=O) groups excluding carboxylic acids is 1. The Labute approximate surface area is 168 Å². The van der Waals surface area contributed by atoms with Crippen molar-refractivity contribution in [3.63, 3.8) is 0 Å². The van der Waals surface area contributed by atoms with Gasteiger partial charge in [0.15, 0.2) is 0 Å². The number of ether oxygens (including phenoxy) is 2. The lowest BCUT2D eigenvalue weighted by Gasteiger charge is -2.36. The standard InChI is InChI=1S/C22H22N2O3S/c25-20(22(10-13-26-14-11-22)18-4-2-1-3-5-18)24-16-17-6-8-19(9-7-17)27-21-23-12-15-28-21/h1-9,12,15H,10-11,13-14,16H2,(H,24,25). The molecule has 1 aliphatic rings. The van der Waals surface area contributed by atoms with Gasteiger partial charge in [-0.25, -0.2) is 4.98 Å². The molecule has 0 saturated carbocycles. The number of thiazole rings is 1. The number of hydrogen-bond acceptors (Lipinski definition) is 5. The van der Waals surface area contributed by atoms with E-state index in [1.807, 2.05) is 60.0 Å². The highest BCUT2D eigenvalue weighted by Gasteiger charge is 2.41. The summed E-state index contributed by atoms with van der Waals surface area (Å²) < 4.78 is 11.2. The number of nitrogens with zero attached hydrogens (tertiary/aromatic N) is 1. The Kier molecular flexibility index (Phi) is 5.69. The third-order valence-electron chi connectivity index (χ3n) is 5.10. The molecule has 2 heterocycles. The van der Waals surface area contributed by atoms with E-state index in [1.165, 1.54) is 11.3 Å². The number of hydrogen-bond donors (Lipinski definition) is 1. The highest BCUT2D eigenvalue weighted by Crippen LogP contribution is 2.35. The molecule has 0 radical (unpaired) electrons. The summed E-state index contributed by atoms with van der Waals surface area (Å²) in [5.41, 5.74) is 1.56. The molecular formula is C22H22N2O3S. The molecule has 1 saturated heterocycles. The van der Waals surface area contributed by atoms with Gasteiger partial charge in [-0.15, -0.1) is 0 Å². The third kappa shape index (κ3) is 4.08. The van der Waals surface area contributed by atoms with Gasteiger partial charge in [0.1, 0.15) is 5.75 Å². The predicted octanol–water partition coefficient (Wildman–Crippen LogP) is 4.30. The van der Waals surface area contributed by atoms with Crippen LogP contribution in [0.25, 0.3) is 0 Å². The van der Waals surface area contributed by atoms with Crippen LogP contribution in [0.15, 0.2) is 66.2 Å². The highest BCUT2D eigenvalue weighted by atomic mass is 32.1. The topological polar surface area (TPSA) is 60.5 Å². The summed E-state index contributed by atoms with van der Waals surface area (Å²) in [4.78, 5) is 17.3. The van der Waals surface area contributed by atoms with Gasteiger partial charge in [-0.2, -0.15) is 0 Å². The molecule has 144 valence electrons. The third-order valence-corrected chi connectivity index (χ3v) is 5.75. The molecule has 2 aromatic carbocycles. The van der Waals surface area contributed by atoms with E-state index in [0.717, 1.165) is 16.9 Å². The molecule has 1 aliphatic heterocycles. The van der Waals surface area contributed by atoms with Gasteiger partial charge in [-0.05, 0) is 36.1 Å². The van der Waals surface area contributed by atoms with Crippen molar-refractivity contribution in [2.45, 2.75) is 24.8 Å². The van der Waals surface area contributed by atoms with Crippen LogP contribution in [0.5, 0.6) is 10.9 Å². The van der Waals surface area contributed by atoms with E-state index in [1.54, 1.807) is 6.20 Å². The summed E-state index contributed by atoms with van der Waals surface area (Å²) in [6.07, 6.45) is 3.11. The number of rotatable bonds is 6. The average molecular weight is 394 g/mol. The quantitative estimate of drug-likeness (QED) is 0.677. The minimum absolute atomic E-state index is 0.0603. The van der Waals surface area contributed by atoms with E-state index in [-0.39, 0.29) is 5.91 Å². The number of carbonyl (C=O) groups is 1. The van der Waals surface area contributed by atoms with Crippen molar-refractivity contribution < 1.29 is 14.3 Å². The van der Waals surface area contributed by atoms with Gasteiger partial charge in [0, 0.05) is 31.3 Å². The molecule has 0 bridgehead atoms. The van der Waals surface area contributed by atoms with Crippen LogP contribution in [-0.2, 0) is 21.5 Å². The summed E-state index contributed by atoms with van der Waals surface area (Å²) in [5.74, 6) is 0.792. The summed E-state index contributed by atoms with van der Waals surface area (Å²) in [7, 11) is 0. The molecule has 0 unspecified atom stereocenters. The Morgan fingerprint density at radius 2 is 1.86 bits per heavy atom. The molecule has 28 heavy (non-hydrogen) atoms. The Morgan fingerprint density at radius 3 is 2.54 bits per heavy atom. The van der Waals surface area contributed by atoms with Crippen LogP contribution in [0, 0.1) is 0 Å². The van der Waals surface area contributed by atoms with E-state index in [0.29, 0.717) is 37.8 Å². The van der Waals surface area contributed by atoms with Gasteiger partial charge >= 0.3 is 0 Å². The van der Waals surface area contributed by atoms with Crippen LogP contribution in [0.4, 0.5) is 0 Å². The van der Waals surface area contributed by atoms with E-state index in [9.17, 15) is 4.79 Å². The van der Waals surface area contributed by atoms with E-state index in [2.05, 4.69) is 10.3 Å². The molecule has 4 rings (SSSR count). The maximum Gasteiger partial charge on any atom is 0.278 e. The van der Waals surface area contributed by atoms with Crippen LogP contribution in [0.3, 0.4) is 0 Å². The first-order valence-electron chi connectivity index (χ1n) is 9.34. The number of amides is 1. The molecule has 1 amide bonds. The minimum atomic E-state index is -0.520. The monoisotopic (exact) mass is 394 g/mol. The van der Waals surface area contributed by atoms with Crippen molar-refractivity contribution in [2.24, 2.45) is 0 Å². The first-order chi connectivity index (χ1) is 13.8. The van der Waals surface area contributed by atoms with Crippen LogP contribution >= 0.6 is 11.3 Å². The maximum absolute atomic E-state index is 13.2. The smallest absolute Gasteiger partial charge is 0.278 e. The zero-order valence-electron chi connectivity index (χ0n) is 15.5. The van der Waals surface area contributed by atoms with Crippen LogP contribution in [-0.4, -0.2) is 24.1 Å². The molecule has 0 aliphatic carbocycles. The van der Waals surface area contributed by atoms with Gasteiger partial charge in [0.05, 0.1) is 5.41 Å². The van der Waals surface area contributed by atoms with Gasteiger partial charge in [0.25, 0.3) is 5.19 Å². The molecule has 1 fully saturated rings. The molecule has 6 heteroatoms. The Bertz CT molecular complexity index is 889. The van der Waals surface area contributed by atoms with Crippen molar-refractivity contribution in [1.29, 1.82) is 0 Å². The van der Waals surface area contributed by atoms with Gasteiger partial charge < -0.3 is 14.8 Å². The second kappa shape index (κ2) is 8.54. The molecule has 1 N–H and O–H groups in total. The Balaban J connectivity index is 1.42. The number of aromatic nitrogens is 1. The summed E-state index contributed by atoms with van der Waals surface area (Å²) in [6, 6.07) is 17.7. The van der Waals surface area contributed by atoms with Crippen LogP contribution < -0.4 is 10.1 Å². The molecule has 0 spiro atoms. The van der Waals surface area contributed by atoms with Crippen molar-refractivity contribution in [3.05, 3.63) is 77.3 Å². The fourth-order valence-electron chi connectivity index (χ4n) is 3.51. The van der Waals surface area contributed by atoms with E-state index >= 15 is 0 Å². The molecular weight excluding hydrogens is 372 g/mol. The largest absolute Gasteiger partial charge is 0.431 e. The highest BCUT2D eigenvalue weighted by molar-refractivity contribution is 7.11. The fourth-order valence-corrected chi connectivity index (χ4v) is 4.02. The van der Waals surface area contributed by atoms with Crippen molar-refractivity contribution >= 4 is 17.2 Å². The van der Waals surface area contributed by atoms with Gasteiger partial charge in [-0.1, -0.05) is 53.8 Å². The van der Waals surface area contributed by atoms with Crippen molar-refractivity contribution in [2.75, 3.05) is 13.2 Å². The normalized spacial score (nSPS) is 15.7. The van der Waals surface area contributed by atoms with E-state index in [4.69, 9.17) is 9.47 Å².